The Labute approximate surface area is 185 Å². The molecule has 0 aromatic heterocycles. The Morgan fingerprint density at radius 3 is 2.57 bits per heavy atom. The first-order chi connectivity index (χ1) is 14.5. The molecule has 30 heavy (non-hydrogen) atoms. The fraction of sp³-hybridized carbons (Fsp3) is 0.227. The van der Waals surface area contributed by atoms with Crippen molar-refractivity contribution < 1.29 is 19.1 Å². The summed E-state index contributed by atoms with van der Waals surface area (Å²) in [7, 11) is 3.18. The molecule has 0 spiro atoms. The van der Waals surface area contributed by atoms with Crippen LogP contribution in [0.3, 0.4) is 0 Å². The molecule has 1 fully saturated rings. The first-order valence-corrected chi connectivity index (χ1v) is 10.6. The zero-order valence-corrected chi connectivity index (χ0v) is 18.3. The molecule has 0 radical (unpaired) electrons. The van der Waals surface area contributed by atoms with Gasteiger partial charge in [0.15, 0.2) is 0 Å². The van der Waals surface area contributed by atoms with E-state index in [0.29, 0.717) is 33.6 Å². The molecule has 1 saturated heterocycles. The van der Waals surface area contributed by atoms with Gasteiger partial charge in [-0.15, -0.1) is 0 Å². The molecule has 2 aromatic carbocycles. The number of amides is 2. The molecule has 0 unspecified atom stereocenters. The van der Waals surface area contributed by atoms with Crippen molar-refractivity contribution in [1.29, 1.82) is 0 Å². The third-order valence-electron chi connectivity index (χ3n) is 4.40. The van der Waals surface area contributed by atoms with Crippen LogP contribution in [0.5, 0.6) is 11.5 Å². The largest absolute Gasteiger partial charge is 0.497 e. The van der Waals surface area contributed by atoms with E-state index in [-0.39, 0.29) is 18.2 Å². The van der Waals surface area contributed by atoms with Gasteiger partial charge in [-0.25, -0.2) is 0 Å². The Hall–Kier alpha value is -2.84. The Morgan fingerprint density at radius 2 is 1.83 bits per heavy atom. The second-order valence-corrected chi connectivity index (χ2v) is 8.17. The minimum absolute atomic E-state index is 0.124. The van der Waals surface area contributed by atoms with Crippen LogP contribution in [0.15, 0.2) is 53.4 Å². The summed E-state index contributed by atoms with van der Waals surface area (Å²) in [5.41, 5.74) is 1.54. The van der Waals surface area contributed by atoms with Crippen LogP contribution in [0.1, 0.15) is 18.4 Å². The predicted octanol–water partition coefficient (Wildman–Crippen LogP) is 4.32. The number of ether oxygens (including phenoxy) is 2. The minimum atomic E-state index is -0.138. The number of nitrogens with zero attached hydrogens (tertiary/aromatic N) is 1. The molecular weight excluding hydrogens is 420 g/mol. The van der Waals surface area contributed by atoms with E-state index in [4.69, 9.17) is 21.7 Å². The maximum Gasteiger partial charge on any atom is 0.266 e. The van der Waals surface area contributed by atoms with E-state index in [1.54, 1.807) is 37.3 Å². The van der Waals surface area contributed by atoms with Gasteiger partial charge in [-0.3, -0.25) is 14.5 Å². The fourth-order valence-electron chi connectivity index (χ4n) is 2.90. The number of thiocarbonyl (C=S) groups is 1. The number of thioether (sulfide) groups is 1. The maximum atomic E-state index is 12.7. The Kier molecular flexibility index (Phi) is 7.48. The van der Waals surface area contributed by atoms with Crippen molar-refractivity contribution in [2.24, 2.45) is 0 Å². The molecule has 2 amide bonds. The number of rotatable bonds is 8. The third kappa shape index (κ3) is 5.61. The fourth-order valence-corrected chi connectivity index (χ4v) is 4.21. The van der Waals surface area contributed by atoms with Gasteiger partial charge >= 0.3 is 0 Å². The van der Waals surface area contributed by atoms with Crippen LogP contribution in [0.25, 0.3) is 6.08 Å². The Bertz CT molecular complexity index is 991. The lowest BCUT2D eigenvalue weighted by atomic mass is 10.2. The lowest BCUT2D eigenvalue weighted by molar-refractivity contribution is -0.122. The van der Waals surface area contributed by atoms with Crippen molar-refractivity contribution in [2.75, 3.05) is 26.1 Å². The topological polar surface area (TPSA) is 67.9 Å². The molecular formula is C22H22N2O4S2. The zero-order chi connectivity index (χ0) is 21.5. The van der Waals surface area contributed by atoms with E-state index < -0.39 is 0 Å². The monoisotopic (exact) mass is 442 g/mol. The summed E-state index contributed by atoms with van der Waals surface area (Å²) in [4.78, 5) is 27.0. The molecule has 0 bridgehead atoms. The van der Waals surface area contributed by atoms with Crippen molar-refractivity contribution in [2.45, 2.75) is 12.8 Å². The smallest absolute Gasteiger partial charge is 0.266 e. The highest BCUT2D eigenvalue weighted by Gasteiger charge is 2.31. The highest BCUT2D eigenvalue weighted by molar-refractivity contribution is 8.26. The second-order valence-electron chi connectivity index (χ2n) is 6.49. The number of carbonyl (C=O) groups excluding carboxylic acids is 2. The van der Waals surface area contributed by atoms with Crippen LogP contribution < -0.4 is 14.8 Å². The summed E-state index contributed by atoms with van der Waals surface area (Å²) in [6.45, 7) is 0.394. The van der Waals surface area contributed by atoms with E-state index in [1.165, 1.54) is 11.8 Å². The average Bonchev–Trinajstić information content (AvgIpc) is 3.01. The first kappa shape index (κ1) is 21.9. The van der Waals surface area contributed by atoms with E-state index in [2.05, 4.69) is 5.32 Å². The SMILES string of the molecule is COc1cccc(C=C2SC(=S)N(CCCC(=O)Nc3cccc(OC)c3)C2=O)c1. The first-order valence-electron chi connectivity index (χ1n) is 9.33. The third-order valence-corrected chi connectivity index (χ3v) is 5.78. The normalized spacial score (nSPS) is 14.9. The number of hydrogen-bond donors (Lipinski definition) is 1. The van der Waals surface area contributed by atoms with E-state index in [0.717, 1.165) is 11.3 Å². The highest BCUT2D eigenvalue weighted by atomic mass is 32.2. The minimum Gasteiger partial charge on any atom is -0.497 e. The summed E-state index contributed by atoms with van der Waals surface area (Å²) in [6, 6.07) is 14.6. The van der Waals surface area contributed by atoms with E-state index in [9.17, 15) is 9.59 Å². The summed E-state index contributed by atoms with van der Waals surface area (Å²) >= 11 is 6.63. The van der Waals surface area contributed by atoms with E-state index >= 15 is 0 Å². The van der Waals surface area contributed by atoms with Gasteiger partial charge in [0.25, 0.3) is 5.91 Å². The molecule has 156 valence electrons. The molecule has 8 heteroatoms. The summed E-state index contributed by atoms with van der Waals surface area (Å²) in [5, 5.41) is 2.83. The zero-order valence-electron chi connectivity index (χ0n) is 16.7. The van der Waals surface area contributed by atoms with Crippen molar-refractivity contribution in [3.63, 3.8) is 0 Å². The van der Waals surface area contributed by atoms with Gasteiger partial charge in [-0.05, 0) is 42.3 Å². The van der Waals surface area contributed by atoms with Crippen molar-refractivity contribution in [3.8, 4) is 11.5 Å². The predicted molar refractivity (Wildman–Crippen MR) is 124 cm³/mol. The molecule has 1 aliphatic heterocycles. The highest BCUT2D eigenvalue weighted by Crippen LogP contribution is 2.33. The van der Waals surface area contributed by atoms with E-state index in [1.807, 2.05) is 36.4 Å². The molecule has 1 aliphatic rings. The molecule has 0 atom stereocenters. The second kappa shape index (κ2) is 10.3. The van der Waals surface area contributed by atoms with Crippen LogP contribution in [0, 0.1) is 0 Å². The van der Waals surface area contributed by atoms with Crippen molar-refractivity contribution in [3.05, 3.63) is 59.0 Å². The summed E-state index contributed by atoms with van der Waals surface area (Å²) in [5.74, 6) is 1.14. The van der Waals surface area contributed by atoms with Gasteiger partial charge in [-0.1, -0.05) is 42.2 Å². The van der Waals surface area contributed by atoms with Crippen LogP contribution in [0.4, 0.5) is 5.69 Å². The number of hydrogen-bond acceptors (Lipinski definition) is 6. The lowest BCUT2D eigenvalue weighted by Gasteiger charge is -2.14. The number of nitrogens with one attached hydrogen (secondary N) is 1. The average molecular weight is 443 g/mol. The van der Waals surface area contributed by atoms with Crippen molar-refractivity contribution in [1.82, 2.24) is 4.90 Å². The standard InChI is InChI=1S/C22H22N2O4S2/c1-27-17-8-3-6-15(12-17)13-19-21(26)24(22(29)30-19)11-5-10-20(25)23-16-7-4-9-18(14-16)28-2/h3-4,6-9,12-14H,5,10-11H2,1-2H3,(H,23,25). The molecule has 2 aromatic rings. The lowest BCUT2D eigenvalue weighted by Crippen LogP contribution is -2.29. The van der Waals surface area contributed by atoms with Crippen LogP contribution in [-0.2, 0) is 9.59 Å². The quantitative estimate of drug-likeness (QED) is 0.485. The Balaban J connectivity index is 1.54. The summed E-state index contributed by atoms with van der Waals surface area (Å²) in [6.07, 6.45) is 2.59. The van der Waals surface area contributed by atoms with Gasteiger partial charge in [0.1, 0.15) is 15.8 Å². The number of anilines is 1. The maximum absolute atomic E-state index is 12.7. The van der Waals surface area contributed by atoms with Gasteiger partial charge in [0, 0.05) is 24.7 Å². The van der Waals surface area contributed by atoms with Gasteiger partial charge in [-0.2, -0.15) is 0 Å². The molecule has 3 rings (SSSR count). The molecule has 1 N–H and O–H groups in total. The van der Waals surface area contributed by atoms with Crippen LogP contribution in [-0.4, -0.2) is 41.8 Å². The Morgan fingerprint density at radius 1 is 1.13 bits per heavy atom. The molecule has 0 saturated carbocycles. The molecule has 1 heterocycles. The van der Waals surface area contributed by atoms with Gasteiger partial charge < -0.3 is 14.8 Å². The summed E-state index contributed by atoms with van der Waals surface area (Å²) < 4.78 is 10.9. The van der Waals surface area contributed by atoms with Crippen molar-refractivity contribution >= 4 is 51.9 Å². The van der Waals surface area contributed by atoms with Crippen LogP contribution >= 0.6 is 24.0 Å². The molecule has 6 nitrogen and oxygen atoms in total. The molecule has 0 aliphatic carbocycles. The number of benzene rings is 2. The van der Waals surface area contributed by atoms with Crippen LogP contribution in [0.2, 0.25) is 0 Å². The van der Waals surface area contributed by atoms with Gasteiger partial charge in [0.05, 0.1) is 19.1 Å². The van der Waals surface area contributed by atoms with Gasteiger partial charge in [0.2, 0.25) is 5.91 Å². The number of methoxy groups -OCH3 is 2. The number of carbonyl (C=O) groups is 2.